The first-order valence-electron chi connectivity index (χ1n) is 8.13. The van der Waals surface area contributed by atoms with Crippen molar-refractivity contribution in [3.8, 4) is 0 Å². The van der Waals surface area contributed by atoms with Crippen LogP contribution in [0.1, 0.15) is 18.4 Å². The summed E-state index contributed by atoms with van der Waals surface area (Å²) in [7, 11) is 0. The Bertz CT molecular complexity index is 741. The summed E-state index contributed by atoms with van der Waals surface area (Å²) in [6.07, 6.45) is 1.52. The van der Waals surface area contributed by atoms with Crippen molar-refractivity contribution in [2.45, 2.75) is 19.8 Å². The summed E-state index contributed by atoms with van der Waals surface area (Å²) < 4.78 is 0. The summed E-state index contributed by atoms with van der Waals surface area (Å²) in [5.74, 6) is 0.0532. The van der Waals surface area contributed by atoms with E-state index in [2.05, 4.69) is 10.6 Å². The molecule has 24 heavy (non-hydrogen) atoms. The number of rotatable bonds is 5. The third-order valence-electron chi connectivity index (χ3n) is 4.12. The Hall–Kier alpha value is -2.82. The van der Waals surface area contributed by atoms with E-state index in [0.717, 1.165) is 35.6 Å². The van der Waals surface area contributed by atoms with Crippen LogP contribution in [0.25, 0.3) is 0 Å². The zero-order valence-electron chi connectivity index (χ0n) is 13.7. The normalized spacial score (nSPS) is 13.9. The molecule has 1 aliphatic rings. The van der Waals surface area contributed by atoms with Crippen molar-refractivity contribution >= 4 is 28.9 Å². The van der Waals surface area contributed by atoms with Crippen molar-refractivity contribution in [2.75, 3.05) is 28.6 Å². The molecule has 1 heterocycles. The number of hydrogen-bond donors (Lipinski definition) is 2. The second kappa shape index (κ2) is 7.17. The lowest BCUT2D eigenvalue weighted by molar-refractivity contribution is -0.117. The maximum atomic E-state index is 12.1. The fraction of sp³-hybridized carbons (Fsp3) is 0.263. The van der Waals surface area contributed by atoms with Crippen molar-refractivity contribution in [3.63, 3.8) is 0 Å². The number of nitrogens with zero attached hydrogens (tertiary/aromatic N) is 1. The lowest BCUT2D eigenvalue weighted by Gasteiger charge is -2.16. The predicted octanol–water partition coefficient (Wildman–Crippen LogP) is 3.17. The third kappa shape index (κ3) is 3.74. The van der Waals surface area contributed by atoms with E-state index in [1.807, 2.05) is 55.5 Å². The molecule has 5 nitrogen and oxygen atoms in total. The van der Waals surface area contributed by atoms with Gasteiger partial charge in [0.1, 0.15) is 0 Å². The molecule has 2 aromatic carbocycles. The molecule has 0 spiro atoms. The molecule has 0 unspecified atom stereocenters. The van der Waals surface area contributed by atoms with Crippen molar-refractivity contribution in [2.24, 2.45) is 0 Å². The maximum Gasteiger partial charge on any atom is 0.243 e. The minimum absolute atomic E-state index is 0.108. The van der Waals surface area contributed by atoms with E-state index in [1.54, 1.807) is 4.90 Å². The molecule has 0 aromatic heterocycles. The monoisotopic (exact) mass is 323 g/mol. The van der Waals surface area contributed by atoms with E-state index in [-0.39, 0.29) is 18.4 Å². The third-order valence-corrected chi connectivity index (χ3v) is 4.12. The molecular weight excluding hydrogens is 302 g/mol. The molecule has 2 amide bonds. The molecule has 1 fully saturated rings. The van der Waals surface area contributed by atoms with E-state index < -0.39 is 0 Å². The molecule has 2 N–H and O–H groups in total. The molecule has 3 rings (SSSR count). The van der Waals surface area contributed by atoms with Gasteiger partial charge in [-0.3, -0.25) is 9.59 Å². The number of amides is 2. The van der Waals surface area contributed by atoms with E-state index >= 15 is 0 Å². The van der Waals surface area contributed by atoms with Crippen LogP contribution in [0.15, 0.2) is 48.5 Å². The van der Waals surface area contributed by atoms with Gasteiger partial charge in [-0.15, -0.1) is 0 Å². The van der Waals surface area contributed by atoms with Gasteiger partial charge in [-0.05, 0) is 49.2 Å². The van der Waals surface area contributed by atoms with Crippen LogP contribution < -0.4 is 15.5 Å². The SMILES string of the molecule is Cc1ccccc1NCC(=O)Nc1ccc(N2CCCC2=O)cc1. The number of aryl methyl sites for hydroxylation is 1. The molecule has 0 atom stereocenters. The van der Waals surface area contributed by atoms with Gasteiger partial charge in [0.2, 0.25) is 11.8 Å². The standard InChI is InChI=1S/C19H21N3O2/c1-14-5-2-3-6-17(14)20-13-18(23)21-15-8-10-16(11-9-15)22-12-4-7-19(22)24/h2-3,5-6,8-11,20H,4,7,12-13H2,1H3,(H,21,23). The number of carbonyl (C=O) groups is 2. The van der Waals surface area contributed by atoms with Crippen LogP contribution in [-0.4, -0.2) is 24.9 Å². The van der Waals surface area contributed by atoms with Crippen LogP contribution in [0.2, 0.25) is 0 Å². The highest BCUT2D eigenvalue weighted by Crippen LogP contribution is 2.23. The molecule has 1 aliphatic heterocycles. The molecule has 0 radical (unpaired) electrons. The number of carbonyl (C=O) groups excluding carboxylic acids is 2. The molecular formula is C19H21N3O2. The number of anilines is 3. The minimum atomic E-state index is -0.108. The highest BCUT2D eigenvalue weighted by molar-refractivity contribution is 5.96. The van der Waals surface area contributed by atoms with Gasteiger partial charge < -0.3 is 15.5 Å². The first kappa shape index (κ1) is 16.1. The second-order valence-corrected chi connectivity index (χ2v) is 5.91. The number of benzene rings is 2. The molecule has 1 saturated heterocycles. The quantitative estimate of drug-likeness (QED) is 0.888. The summed E-state index contributed by atoms with van der Waals surface area (Å²) in [4.78, 5) is 25.6. The molecule has 0 saturated carbocycles. The van der Waals surface area contributed by atoms with Crippen molar-refractivity contribution < 1.29 is 9.59 Å². The van der Waals surface area contributed by atoms with Crippen LogP contribution in [-0.2, 0) is 9.59 Å². The Morgan fingerprint density at radius 1 is 1.12 bits per heavy atom. The fourth-order valence-electron chi connectivity index (χ4n) is 2.80. The average molecular weight is 323 g/mol. The Kier molecular flexibility index (Phi) is 4.79. The summed E-state index contributed by atoms with van der Waals surface area (Å²) in [6, 6.07) is 15.2. The van der Waals surface area contributed by atoms with Gasteiger partial charge in [-0.1, -0.05) is 18.2 Å². The summed E-state index contributed by atoms with van der Waals surface area (Å²) in [6.45, 7) is 2.97. The zero-order chi connectivity index (χ0) is 16.9. The van der Waals surface area contributed by atoms with Gasteiger partial charge in [0.25, 0.3) is 0 Å². The van der Waals surface area contributed by atoms with E-state index in [9.17, 15) is 9.59 Å². The number of nitrogens with one attached hydrogen (secondary N) is 2. The van der Waals surface area contributed by atoms with Gasteiger partial charge in [-0.2, -0.15) is 0 Å². The Morgan fingerprint density at radius 2 is 1.88 bits per heavy atom. The van der Waals surface area contributed by atoms with Gasteiger partial charge in [-0.25, -0.2) is 0 Å². The number of para-hydroxylation sites is 1. The van der Waals surface area contributed by atoms with Gasteiger partial charge >= 0.3 is 0 Å². The van der Waals surface area contributed by atoms with Gasteiger partial charge in [0.05, 0.1) is 6.54 Å². The molecule has 0 bridgehead atoms. The molecule has 2 aromatic rings. The van der Waals surface area contributed by atoms with Crippen LogP contribution in [0.4, 0.5) is 17.1 Å². The van der Waals surface area contributed by atoms with Crippen LogP contribution in [0.3, 0.4) is 0 Å². The molecule has 124 valence electrons. The topological polar surface area (TPSA) is 61.4 Å². The largest absolute Gasteiger partial charge is 0.376 e. The Morgan fingerprint density at radius 3 is 2.54 bits per heavy atom. The van der Waals surface area contributed by atoms with Crippen molar-refractivity contribution in [1.82, 2.24) is 0 Å². The first-order chi connectivity index (χ1) is 11.6. The lowest BCUT2D eigenvalue weighted by atomic mass is 10.2. The maximum absolute atomic E-state index is 12.1. The molecule has 5 heteroatoms. The number of hydrogen-bond acceptors (Lipinski definition) is 3. The average Bonchev–Trinajstić information content (AvgIpc) is 3.01. The predicted molar refractivity (Wildman–Crippen MR) is 96.3 cm³/mol. The van der Waals surface area contributed by atoms with Crippen LogP contribution in [0, 0.1) is 6.92 Å². The van der Waals surface area contributed by atoms with E-state index in [4.69, 9.17) is 0 Å². The lowest BCUT2D eigenvalue weighted by Crippen LogP contribution is -2.24. The Labute approximate surface area is 141 Å². The van der Waals surface area contributed by atoms with Crippen LogP contribution >= 0.6 is 0 Å². The van der Waals surface area contributed by atoms with Gasteiger partial charge in [0, 0.05) is 30.0 Å². The summed E-state index contributed by atoms with van der Waals surface area (Å²) in [5.41, 5.74) is 3.66. The van der Waals surface area contributed by atoms with E-state index in [0.29, 0.717) is 6.42 Å². The smallest absolute Gasteiger partial charge is 0.243 e. The van der Waals surface area contributed by atoms with Crippen molar-refractivity contribution in [3.05, 3.63) is 54.1 Å². The van der Waals surface area contributed by atoms with Crippen LogP contribution in [0.5, 0.6) is 0 Å². The first-order valence-corrected chi connectivity index (χ1v) is 8.13. The fourth-order valence-corrected chi connectivity index (χ4v) is 2.80. The van der Waals surface area contributed by atoms with Crippen molar-refractivity contribution in [1.29, 1.82) is 0 Å². The highest BCUT2D eigenvalue weighted by atomic mass is 16.2. The Balaban J connectivity index is 1.55. The molecule has 0 aliphatic carbocycles. The summed E-state index contributed by atoms with van der Waals surface area (Å²) >= 11 is 0. The minimum Gasteiger partial charge on any atom is -0.376 e. The highest BCUT2D eigenvalue weighted by Gasteiger charge is 2.21. The van der Waals surface area contributed by atoms with E-state index in [1.165, 1.54) is 0 Å². The zero-order valence-corrected chi connectivity index (χ0v) is 13.7. The second-order valence-electron chi connectivity index (χ2n) is 5.91. The summed E-state index contributed by atoms with van der Waals surface area (Å²) in [5, 5.41) is 5.99. The van der Waals surface area contributed by atoms with Gasteiger partial charge in [0.15, 0.2) is 0 Å².